The molecule has 1 amide bonds. The van der Waals surface area contributed by atoms with Crippen LogP contribution in [0.25, 0.3) is 10.6 Å². The van der Waals surface area contributed by atoms with Gasteiger partial charge >= 0.3 is 0 Å². The van der Waals surface area contributed by atoms with Crippen LogP contribution in [0, 0.1) is 0 Å². The Kier molecular flexibility index (Phi) is 5.46. The van der Waals surface area contributed by atoms with Crippen LogP contribution in [0.3, 0.4) is 0 Å². The van der Waals surface area contributed by atoms with Crippen molar-refractivity contribution in [3.63, 3.8) is 0 Å². The second-order valence-electron chi connectivity index (χ2n) is 5.79. The molecule has 4 nitrogen and oxygen atoms in total. The number of methoxy groups -OCH3 is 1. The number of aromatic nitrogens is 1. The Balaban J connectivity index is 1.62. The molecular formula is C20H20N2O2S. The van der Waals surface area contributed by atoms with Gasteiger partial charge in [-0.3, -0.25) is 4.79 Å². The predicted octanol–water partition coefficient (Wildman–Crippen LogP) is 4.35. The van der Waals surface area contributed by atoms with Crippen LogP contribution in [0.2, 0.25) is 0 Å². The maximum absolute atomic E-state index is 12.3. The lowest BCUT2D eigenvalue weighted by atomic mass is 10.0. The van der Waals surface area contributed by atoms with E-state index in [1.165, 1.54) is 16.9 Å². The summed E-state index contributed by atoms with van der Waals surface area (Å²) < 4.78 is 5.16. The monoisotopic (exact) mass is 352 g/mol. The van der Waals surface area contributed by atoms with Crippen molar-refractivity contribution in [3.8, 4) is 16.3 Å². The van der Waals surface area contributed by atoms with Gasteiger partial charge < -0.3 is 10.1 Å². The normalized spacial score (nSPS) is 11.8. The molecule has 0 saturated heterocycles. The summed E-state index contributed by atoms with van der Waals surface area (Å²) in [5.41, 5.74) is 2.64. The lowest BCUT2D eigenvalue weighted by Crippen LogP contribution is -2.27. The minimum absolute atomic E-state index is 0.140. The van der Waals surface area contributed by atoms with E-state index in [2.05, 4.69) is 29.4 Å². The van der Waals surface area contributed by atoms with E-state index in [9.17, 15) is 4.79 Å². The largest absolute Gasteiger partial charge is 0.497 e. The van der Waals surface area contributed by atoms with Crippen molar-refractivity contribution in [2.75, 3.05) is 13.7 Å². The van der Waals surface area contributed by atoms with Gasteiger partial charge in [0, 0.05) is 17.5 Å². The number of carbonyl (C=O) groups is 1. The van der Waals surface area contributed by atoms with Gasteiger partial charge in [-0.05, 0) is 35.7 Å². The molecule has 1 heterocycles. The first-order chi connectivity index (χ1) is 12.2. The molecule has 1 aromatic heterocycles. The zero-order valence-corrected chi connectivity index (χ0v) is 15.0. The fraction of sp³-hybridized carbons (Fsp3) is 0.200. The molecule has 0 fully saturated rings. The number of ether oxygens (including phenoxy) is 1. The summed E-state index contributed by atoms with van der Waals surface area (Å²) in [6.07, 6.45) is 0. The van der Waals surface area contributed by atoms with Gasteiger partial charge in [-0.15, -0.1) is 11.3 Å². The number of thiazole rings is 1. The van der Waals surface area contributed by atoms with Crippen LogP contribution in [0.4, 0.5) is 0 Å². The van der Waals surface area contributed by atoms with Crippen molar-refractivity contribution in [1.29, 1.82) is 0 Å². The second kappa shape index (κ2) is 7.94. The Bertz CT molecular complexity index is 828. The van der Waals surface area contributed by atoms with Gasteiger partial charge in [-0.25, -0.2) is 4.98 Å². The fourth-order valence-electron chi connectivity index (χ4n) is 2.48. The van der Waals surface area contributed by atoms with Crippen LogP contribution < -0.4 is 10.1 Å². The second-order valence-corrected chi connectivity index (χ2v) is 6.65. The summed E-state index contributed by atoms with van der Waals surface area (Å²) in [4.78, 5) is 16.8. The molecule has 0 radical (unpaired) electrons. The highest BCUT2D eigenvalue weighted by atomic mass is 32.1. The summed E-state index contributed by atoms with van der Waals surface area (Å²) in [5.74, 6) is 0.914. The van der Waals surface area contributed by atoms with Gasteiger partial charge in [0.1, 0.15) is 16.5 Å². The van der Waals surface area contributed by atoms with Crippen LogP contribution in [0.1, 0.15) is 28.9 Å². The topological polar surface area (TPSA) is 51.2 Å². The predicted molar refractivity (Wildman–Crippen MR) is 101 cm³/mol. The zero-order chi connectivity index (χ0) is 17.6. The van der Waals surface area contributed by atoms with E-state index in [1.807, 2.05) is 42.5 Å². The Hall–Kier alpha value is -2.66. The van der Waals surface area contributed by atoms with Gasteiger partial charge in [-0.2, -0.15) is 0 Å². The van der Waals surface area contributed by atoms with Crippen LogP contribution in [-0.4, -0.2) is 24.5 Å². The quantitative estimate of drug-likeness (QED) is 0.717. The third-order valence-electron chi connectivity index (χ3n) is 4.01. The molecule has 0 aliphatic heterocycles. The smallest absolute Gasteiger partial charge is 0.270 e. The van der Waals surface area contributed by atoms with Crippen molar-refractivity contribution >= 4 is 17.2 Å². The van der Waals surface area contributed by atoms with E-state index < -0.39 is 0 Å². The minimum Gasteiger partial charge on any atom is -0.497 e. The molecule has 2 aromatic carbocycles. The highest BCUT2D eigenvalue weighted by Crippen LogP contribution is 2.25. The summed E-state index contributed by atoms with van der Waals surface area (Å²) in [6, 6.07) is 17.8. The molecule has 0 saturated carbocycles. The standard InChI is InChI=1S/C20H20N2O2S/c1-14(15-6-4-3-5-7-15)12-21-19(23)18-13-25-20(22-18)16-8-10-17(24-2)11-9-16/h3-11,13-14H,12H2,1-2H3,(H,21,23)/t14-/m0/s1. The van der Waals surface area contributed by atoms with Crippen LogP contribution >= 0.6 is 11.3 Å². The first kappa shape index (κ1) is 17.2. The molecule has 1 N–H and O–H groups in total. The van der Waals surface area contributed by atoms with E-state index in [0.29, 0.717) is 12.2 Å². The molecule has 5 heteroatoms. The number of nitrogens with zero attached hydrogens (tertiary/aromatic N) is 1. The number of rotatable bonds is 6. The van der Waals surface area contributed by atoms with E-state index in [-0.39, 0.29) is 11.8 Å². The number of benzene rings is 2. The molecule has 0 aliphatic carbocycles. The van der Waals surface area contributed by atoms with E-state index in [1.54, 1.807) is 12.5 Å². The fourth-order valence-corrected chi connectivity index (χ4v) is 3.29. The highest BCUT2D eigenvalue weighted by Gasteiger charge is 2.13. The van der Waals surface area contributed by atoms with E-state index in [4.69, 9.17) is 4.74 Å². The lowest BCUT2D eigenvalue weighted by Gasteiger charge is -2.12. The Morgan fingerprint density at radius 2 is 1.88 bits per heavy atom. The Labute approximate surface area is 151 Å². The van der Waals surface area contributed by atoms with Gasteiger partial charge in [0.05, 0.1) is 7.11 Å². The number of hydrogen-bond donors (Lipinski definition) is 1. The van der Waals surface area contributed by atoms with Crippen molar-refractivity contribution in [1.82, 2.24) is 10.3 Å². The third-order valence-corrected chi connectivity index (χ3v) is 4.90. The Morgan fingerprint density at radius 1 is 1.16 bits per heavy atom. The maximum atomic E-state index is 12.3. The first-order valence-electron chi connectivity index (χ1n) is 8.10. The van der Waals surface area contributed by atoms with Crippen LogP contribution in [0.5, 0.6) is 5.75 Å². The summed E-state index contributed by atoms with van der Waals surface area (Å²) in [6.45, 7) is 2.68. The zero-order valence-electron chi connectivity index (χ0n) is 14.2. The van der Waals surface area contributed by atoms with Gasteiger partial charge in [0.2, 0.25) is 0 Å². The molecule has 25 heavy (non-hydrogen) atoms. The van der Waals surface area contributed by atoms with Gasteiger partial charge in [-0.1, -0.05) is 37.3 Å². The van der Waals surface area contributed by atoms with Crippen LogP contribution in [0.15, 0.2) is 60.0 Å². The van der Waals surface area contributed by atoms with Crippen molar-refractivity contribution < 1.29 is 9.53 Å². The highest BCUT2D eigenvalue weighted by molar-refractivity contribution is 7.13. The molecule has 3 aromatic rings. The number of carbonyl (C=O) groups excluding carboxylic acids is 1. The summed E-state index contributed by atoms with van der Waals surface area (Å²) in [7, 11) is 1.64. The lowest BCUT2D eigenvalue weighted by molar-refractivity contribution is 0.0947. The molecule has 0 spiro atoms. The average Bonchev–Trinajstić information content (AvgIpc) is 3.17. The average molecular weight is 352 g/mol. The maximum Gasteiger partial charge on any atom is 0.270 e. The molecule has 3 rings (SSSR count). The third kappa shape index (κ3) is 4.25. The molecule has 1 atom stereocenters. The molecule has 0 unspecified atom stereocenters. The number of amides is 1. The minimum atomic E-state index is -0.140. The molecule has 0 aliphatic rings. The summed E-state index contributed by atoms with van der Waals surface area (Å²) in [5, 5.41) is 5.58. The SMILES string of the molecule is COc1ccc(-c2nc(C(=O)NC[C@H](C)c3ccccc3)cs2)cc1. The Morgan fingerprint density at radius 3 is 2.56 bits per heavy atom. The van der Waals surface area contributed by atoms with E-state index >= 15 is 0 Å². The molecule has 128 valence electrons. The molecular weight excluding hydrogens is 332 g/mol. The van der Waals surface area contributed by atoms with Crippen molar-refractivity contribution in [3.05, 3.63) is 71.2 Å². The number of hydrogen-bond acceptors (Lipinski definition) is 4. The van der Waals surface area contributed by atoms with Gasteiger partial charge in [0.25, 0.3) is 5.91 Å². The summed E-state index contributed by atoms with van der Waals surface area (Å²) >= 11 is 1.46. The molecule has 0 bridgehead atoms. The first-order valence-corrected chi connectivity index (χ1v) is 8.98. The van der Waals surface area contributed by atoms with Crippen molar-refractivity contribution in [2.45, 2.75) is 12.8 Å². The van der Waals surface area contributed by atoms with Crippen molar-refractivity contribution in [2.24, 2.45) is 0 Å². The van der Waals surface area contributed by atoms with Gasteiger partial charge in [0.15, 0.2) is 0 Å². The van der Waals surface area contributed by atoms with Crippen LogP contribution in [-0.2, 0) is 0 Å². The number of nitrogens with one attached hydrogen (secondary N) is 1. The van der Waals surface area contributed by atoms with E-state index in [0.717, 1.165) is 16.3 Å².